The van der Waals surface area contributed by atoms with E-state index in [0.717, 1.165) is 28.1 Å². The van der Waals surface area contributed by atoms with Crippen LogP contribution >= 0.6 is 0 Å². The predicted molar refractivity (Wildman–Crippen MR) is 83.9 cm³/mol. The van der Waals surface area contributed by atoms with Crippen molar-refractivity contribution in [3.63, 3.8) is 0 Å². The van der Waals surface area contributed by atoms with Crippen molar-refractivity contribution in [3.05, 3.63) is 60.9 Å². The molecular weight excluding hydrogens is 260 g/mol. The summed E-state index contributed by atoms with van der Waals surface area (Å²) in [5.41, 5.74) is 4.30. The van der Waals surface area contributed by atoms with Crippen molar-refractivity contribution < 1.29 is 4.42 Å². The third-order valence-corrected chi connectivity index (χ3v) is 3.45. The molecule has 0 aliphatic carbocycles. The molecule has 2 aromatic heterocycles. The van der Waals surface area contributed by atoms with Crippen LogP contribution in [0, 0.1) is 0 Å². The minimum absolute atomic E-state index is 0.00345. The second-order valence-corrected chi connectivity index (χ2v) is 6.10. The Labute approximate surface area is 124 Å². The Morgan fingerprint density at radius 3 is 2.33 bits per heavy atom. The van der Waals surface area contributed by atoms with E-state index in [2.05, 4.69) is 48.9 Å². The second kappa shape index (κ2) is 5.17. The SMILES string of the molecule is CC(C)(C)c1cc(-c2ccccc2)c(-c2cnco2)cn1. The fraction of sp³-hybridized carbons (Fsp3) is 0.222. The molecule has 3 heteroatoms. The maximum absolute atomic E-state index is 5.46. The van der Waals surface area contributed by atoms with Crippen molar-refractivity contribution in [1.82, 2.24) is 9.97 Å². The molecule has 0 aliphatic heterocycles. The highest BCUT2D eigenvalue weighted by atomic mass is 16.3. The summed E-state index contributed by atoms with van der Waals surface area (Å²) in [7, 11) is 0. The van der Waals surface area contributed by atoms with Crippen molar-refractivity contribution in [2.45, 2.75) is 26.2 Å². The summed E-state index contributed by atoms with van der Waals surface area (Å²) in [6.07, 6.45) is 5.05. The summed E-state index contributed by atoms with van der Waals surface area (Å²) in [6.45, 7) is 6.49. The highest BCUT2D eigenvalue weighted by molar-refractivity contribution is 5.80. The van der Waals surface area contributed by atoms with E-state index in [4.69, 9.17) is 4.42 Å². The van der Waals surface area contributed by atoms with Crippen LogP contribution in [0.2, 0.25) is 0 Å². The Kier molecular flexibility index (Phi) is 3.34. The van der Waals surface area contributed by atoms with Gasteiger partial charge in [-0.1, -0.05) is 51.1 Å². The number of oxazole rings is 1. The van der Waals surface area contributed by atoms with Gasteiger partial charge < -0.3 is 4.42 Å². The smallest absolute Gasteiger partial charge is 0.181 e. The summed E-state index contributed by atoms with van der Waals surface area (Å²) < 4.78 is 5.46. The molecule has 0 amide bonds. The molecule has 106 valence electrons. The molecule has 0 saturated heterocycles. The van der Waals surface area contributed by atoms with Gasteiger partial charge in [-0.25, -0.2) is 4.98 Å². The zero-order valence-electron chi connectivity index (χ0n) is 12.5. The number of hydrogen-bond donors (Lipinski definition) is 0. The first kappa shape index (κ1) is 13.6. The fourth-order valence-corrected chi connectivity index (χ4v) is 2.27. The van der Waals surface area contributed by atoms with E-state index < -0.39 is 0 Å². The zero-order valence-corrected chi connectivity index (χ0v) is 12.5. The Balaban J connectivity index is 2.22. The molecule has 0 bridgehead atoms. The van der Waals surface area contributed by atoms with Crippen molar-refractivity contribution in [1.29, 1.82) is 0 Å². The van der Waals surface area contributed by atoms with E-state index in [1.54, 1.807) is 6.20 Å². The molecule has 3 nitrogen and oxygen atoms in total. The lowest BCUT2D eigenvalue weighted by atomic mass is 9.88. The third-order valence-electron chi connectivity index (χ3n) is 3.45. The largest absolute Gasteiger partial charge is 0.443 e. The van der Waals surface area contributed by atoms with Gasteiger partial charge >= 0.3 is 0 Å². The number of rotatable bonds is 2. The summed E-state index contributed by atoms with van der Waals surface area (Å²) in [5.74, 6) is 0.738. The first-order valence-electron chi connectivity index (χ1n) is 7.00. The van der Waals surface area contributed by atoms with Crippen molar-refractivity contribution in [3.8, 4) is 22.5 Å². The number of hydrogen-bond acceptors (Lipinski definition) is 3. The molecule has 21 heavy (non-hydrogen) atoms. The number of aromatic nitrogens is 2. The summed E-state index contributed by atoms with van der Waals surface area (Å²) in [4.78, 5) is 8.61. The first-order chi connectivity index (χ1) is 10.1. The van der Waals surface area contributed by atoms with Crippen LogP contribution < -0.4 is 0 Å². The lowest BCUT2D eigenvalue weighted by molar-refractivity contribution is 0.564. The minimum Gasteiger partial charge on any atom is -0.443 e. The van der Waals surface area contributed by atoms with E-state index >= 15 is 0 Å². The van der Waals surface area contributed by atoms with Crippen molar-refractivity contribution >= 4 is 0 Å². The van der Waals surface area contributed by atoms with Gasteiger partial charge in [0.2, 0.25) is 0 Å². The lowest BCUT2D eigenvalue weighted by Gasteiger charge is -2.19. The summed E-state index contributed by atoms with van der Waals surface area (Å²) in [5, 5.41) is 0. The predicted octanol–water partition coefficient (Wildman–Crippen LogP) is 4.70. The van der Waals surface area contributed by atoms with Gasteiger partial charge in [-0.15, -0.1) is 0 Å². The number of nitrogens with zero attached hydrogens (tertiary/aromatic N) is 2. The van der Waals surface area contributed by atoms with Gasteiger partial charge in [-0.3, -0.25) is 4.98 Å². The molecule has 3 aromatic rings. The standard InChI is InChI=1S/C18H18N2O/c1-18(2,3)17-9-14(13-7-5-4-6-8-13)15(10-20-17)16-11-19-12-21-16/h4-12H,1-3H3. The Bertz CT molecular complexity index is 726. The van der Waals surface area contributed by atoms with Gasteiger partial charge in [-0.05, 0) is 17.2 Å². The maximum Gasteiger partial charge on any atom is 0.181 e. The average Bonchev–Trinajstić information content (AvgIpc) is 3.01. The molecule has 0 unspecified atom stereocenters. The van der Waals surface area contributed by atoms with Crippen molar-refractivity contribution in [2.24, 2.45) is 0 Å². The lowest BCUT2D eigenvalue weighted by Crippen LogP contribution is -2.13. The van der Waals surface area contributed by atoms with Crippen LogP contribution in [0.5, 0.6) is 0 Å². The Morgan fingerprint density at radius 1 is 0.952 bits per heavy atom. The maximum atomic E-state index is 5.46. The molecule has 0 radical (unpaired) electrons. The van der Waals surface area contributed by atoms with Gasteiger partial charge in [0.05, 0.1) is 6.20 Å². The van der Waals surface area contributed by atoms with Crippen molar-refractivity contribution in [2.75, 3.05) is 0 Å². The highest BCUT2D eigenvalue weighted by Crippen LogP contribution is 2.34. The van der Waals surface area contributed by atoms with Crippen LogP contribution in [0.4, 0.5) is 0 Å². The first-order valence-corrected chi connectivity index (χ1v) is 7.00. The molecule has 1 aromatic carbocycles. The normalized spacial score (nSPS) is 11.6. The van der Waals surface area contributed by atoms with Crippen LogP contribution in [0.25, 0.3) is 22.5 Å². The molecule has 0 N–H and O–H groups in total. The highest BCUT2D eigenvalue weighted by Gasteiger charge is 2.19. The van der Waals surface area contributed by atoms with E-state index in [1.165, 1.54) is 6.39 Å². The monoisotopic (exact) mass is 278 g/mol. The average molecular weight is 278 g/mol. The summed E-state index contributed by atoms with van der Waals surface area (Å²) in [6, 6.07) is 12.4. The molecule has 0 spiro atoms. The molecular formula is C18H18N2O. The van der Waals surface area contributed by atoms with E-state index in [1.807, 2.05) is 24.4 Å². The Hall–Kier alpha value is -2.42. The third kappa shape index (κ3) is 2.72. The van der Waals surface area contributed by atoms with Crippen LogP contribution in [0.3, 0.4) is 0 Å². The topological polar surface area (TPSA) is 38.9 Å². The molecule has 0 aliphatic rings. The van der Waals surface area contributed by atoms with Gasteiger partial charge in [0.25, 0.3) is 0 Å². The Morgan fingerprint density at radius 2 is 1.71 bits per heavy atom. The number of benzene rings is 1. The molecule has 3 rings (SSSR count). The van der Waals surface area contributed by atoms with Crippen LogP contribution in [0.1, 0.15) is 26.5 Å². The molecule has 0 atom stereocenters. The molecule has 0 saturated carbocycles. The van der Waals surface area contributed by atoms with Crippen LogP contribution in [-0.4, -0.2) is 9.97 Å². The van der Waals surface area contributed by atoms with Gasteiger partial charge in [0.15, 0.2) is 12.2 Å². The van der Waals surface area contributed by atoms with E-state index in [0.29, 0.717) is 0 Å². The van der Waals surface area contributed by atoms with Gasteiger partial charge in [-0.2, -0.15) is 0 Å². The van der Waals surface area contributed by atoms with E-state index in [9.17, 15) is 0 Å². The van der Waals surface area contributed by atoms with Crippen LogP contribution in [0.15, 0.2) is 59.6 Å². The van der Waals surface area contributed by atoms with Gasteiger partial charge in [0.1, 0.15) is 0 Å². The molecule has 2 heterocycles. The van der Waals surface area contributed by atoms with E-state index in [-0.39, 0.29) is 5.41 Å². The van der Waals surface area contributed by atoms with Crippen LogP contribution in [-0.2, 0) is 5.41 Å². The summed E-state index contributed by atoms with van der Waals surface area (Å²) >= 11 is 0. The fourth-order valence-electron chi connectivity index (χ4n) is 2.27. The quantitative estimate of drug-likeness (QED) is 0.682. The molecule has 0 fully saturated rings. The van der Waals surface area contributed by atoms with Gasteiger partial charge in [0, 0.05) is 22.9 Å². The number of pyridine rings is 1. The zero-order chi connectivity index (χ0) is 14.9. The second-order valence-electron chi connectivity index (χ2n) is 6.10. The minimum atomic E-state index is 0.00345.